The maximum absolute atomic E-state index is 2.41. The molecule has 16 heavy (non-hydrogen) atoms. The molecule has 0 amide bonds. The Balaban J connectivity index is 2.15. The second kappa shape index (κ2) is 3.00. The quantitative estimate of drug-likeness (QED) is 0.545. The smallest absolute Gasteiger partial charge is 0.0151 e. The van der Waals surface area contributed by atoms with Crippen LogP contribution in [-0.2, 0) is 0 Å². The summed E-state index contributed by atoms with van der Waals surface area (Å²) in [5.74, 6) is 0. The van der Waals surface area contributed by atoms with Gasteiger partial charge in [-0.05, 0) is 44.3 Å². The average Bonchev–Trinajstić information content (AvgIpc) is 2.72. The number of hydrogen-bond donors (Lipinski definition) is 0. The Bertz CT molecular complexity index is 446. The van der Waals surface area contributed by atoms with E-state index in [2.05, 4.69) is 39.8 Å². The fourth-order valence-corrected chi connectivity index (χ4v) is 4.09. The van der Waals surface area contributed by atoms with E-state index in [0.29, 0.717) is 0 Å². The predicted octanol–water partition coefficient (Wildman–Crippen LogP) is 4.71. The molecule has 0 aromatic heterocycles. The first kappa shape index (κ1) is 10.1. The zero-order valence-corrected chi connectivity index (χ0v) is 10.8. The Morgan fingerprint density at radius 3 is 1.75 bits per heavy atom. The van der Waals surface area contributed by atoms with Crippen LogP contribution in [0.15, 0.2) is 45.6 Å². The Kier molecular flexibility index (Phi) is 1.90. The highest BCUT2D eigenvalue weighted by Gasteiger charge is 2.39. The largest absolute Gasteiger partial charge is 0.0772 e. The van der Waals surface area contributed by atoms with E-state index in [0.717, 1.165) is 0 Å². The summed E-state index contributed by atoms with van der Waals surface area (Å²) >= 11 is 0. The van der Waals surface area contributed by atoms with Gasteiger partial charge in [-0.25, -0.2) is 0 Å². The first-order valence-electron chi connectivity index (χ1n) is 6.31. The lowest BCUT2D eigenvalue weighted by atomic mass is 9.67. The minimum absolute atomic E-state index is 0.247. The van der Waals surface area contributed by atoms with Crippen molar-refractivity contribution in [2.24, 2.45) is 5.41 Å². The molecule has 0 spiro atoms. The van der Waals surface area contributed by atoms with E-state index in [1.165, 1.54) is 30.4 Å². The molecule has 0 aliphatic heterocycles. The maximum Gasteiger partial charge on any atom is 0.0151 e. The van der Waals surface area contributed by atoms with Gasteiger partial charge >= 0.3 is 0 Å². The van der Waals surface area contributed by atoms with Crippen LogP contribution in [0, 0.1) is 5.41 Å². The second-order valence-electron chi connectivity index (χ2n) is 5.94. The Hall–Kier alpha value is -1.04. The normalized spacial score (nSPS) is 26.8. The first-order valence-corrected chi connectivity index (χ1v) is 6.31. The van der Waals surface area contributed by atoms with E-state index >= 15 is 0 Å². The fraction of sp³-hybridized carbons (Fsp3) is 0.500. The first-order chi connectivity index (χ1) is 7.51. The third kappa shape index (κ3) is 1.10. The summed E-state index contributed by atoms with van der Waals surface area (Å²) in [6, 6.07) is 0. The van der Waals surface area contributed by atoms with Crippen molar-refractivity contribution in [3.8, 4) is 0 Å². The Labute approximate surface area is 98.4 Å². The lowest BCUT2D eigenvalue weighted by Crippen LogP contribution is -2.23. The van der Waals surface area contributed by atoms with E-state index in [9.17, 15) is 0 Å². The van der Waals surface area contributed by atoms with Crippen molar-refractivity contribution in [2.75, 3.05) is 0 Å². The third-order valence-electron chi connectivity index (χ3n) is 4.48. The molecule has 84 valence electrons. The van der Waals surface area contributed by atoms with Crippen LogP contribution in [0.25, 0.3) is 0 Å². The Morgan fingerprint density at radius 1 is 0.875 bits per heavy atom. The molecule has 0 radical (unpaired) electrons. The molecular formula is C16H20. The minimum atomic E-state index is 0.247. The van der Waals surface area contributed by atoms with E-state index < -0.39 is 0 Å². The number of rotatable bonds is 0. The lowest BCUT2D eigenvalue weighted by molar-refractivity contribution is 0.529. The highest BCUT2D eigenvalue weighted by atomic mass is 14.4. The number of hydrogen-bond acceptors (Lipinski definition) is 0. The molecule has 0 saturated heterocycles. The van der Waals surface area contributed by atoms with Gasteiger partial charge in [-0.3, -0.25) is 0 Å². The van der Waals surface area contributed by atoms with Crippen LogP contribution in [0.2, 0.25) is 0 Å². The van der Waals surface area contributed by atoms with E-state index in [1.807, 2.05) is 0 Å². The van der Waals surface area contributed by atoms with E-state index in [1.54, 1.807) is 22.3 Å². The molecule has 0 atom stereocenters. The van der Waals surface area contributed by atoms with Crippen LogP contribution < -0.4 is 0 Å². The summed E-state index contributed by atoms with van der Waals surface area (Å²) in [6.07, 6.45) is 8.44. The monoisotopic (exact) mass is 212 g/mol. The van der Waals surface area contributed by atoms with Crippen molar-refractivity contribution >= 4 is 0 Å². The van der Waals surface area contributed by atoms with Gasteiger partial charge in [0, 0.05) is 5.41 Å². The van der Waals surface area contributed by atoms with Crippen LogP contribution in [0.3, 0.4) is 0 Å². The van der Waals surface area contributed by atoms with Gasteiger partial charge in [-0.1, -0.05) is 48.3 Å². The lowest BCUT2D eigenvalue weighted by Gasteiger charge is -2.37. The Morgan fingerprint density at radius 2 is 1.31 bits per heavy atom. The average molecular weight is 212 g/mol. The molecule has 0 N–H and O–H groups in total. The molecule has 0 heteroatoms. The van der Waals surface area contributed by atoms with Gasteiger partial charge in [0.05, 0.1) is 0 Å². The van der Waals surface area contributed by atoms with Crippen LogP contribution in [0.1, 0.15) is 47.0 Å². The van der Waals surface area contributed by atoms with Gasteiger partial charge in [0.2, 0.25) is 0 Å². The molecule has 0 aromatic carbocycles. The molecule has 0 bridgehead atoms. The van der Waals surface area contributed by atoms with E-state index in [4.69, 9.17) is 0 Å². The van der Waals surface area contributed by atoms with Crippen molar-refractivity contribution in [2.45, 2.75) is 47.0 Å². The van der Waals surface area contributed by atoms with Gasteiger partial charge in [0.1, 0.15) is 0 Å². The molecule has 0 unspecified atom stereocenters. The molecule has 3 aliphatic rings. The van der Waals surface area contributed by atoms with Gasteiger partial charge < -0.3 is 0 Å². The highest BCUT2D eigenvalue weighted by Crippen LogP contribution is 2.55. The van der Waals surface area contributed by atoms with E-state index in [-0.39, 0.29) is 5.41 Å². The zero-order valence-electron chi connectivity index (χ0n) is 10.8. The summed E-state index contributed by atoms with van der Waals surface area (Å²) in [4.78, 5) is 0. The van der Waals surface area contributed by atoms with Crippen molar-refractivity contribution in [1.82, 2.24) is 0 Å². The van der Waals surface area contributed by atoms with Gasteiger partial charge in [0.15, 0.2) is 0 Å². The zero-order chi connectivity index (χ0) is 11.5. The molecule has 0 fully saturated rings. The summed E-state index contributed by atoms with van der Waals surface area (Å²) < 4.78 is 0. The van der Waals surface area contributed by atoms with Crippen LogP contribution in [0.4, 0.5) is 0 Å². The molecule has 3 rings (SSSR count). The predicted molar refractivity (Wildman–Crippen MR) is 69.2 cm³/mol. The number of allylic oxidation sites excluding steroid dienone is 8. The molecule has 0 aromatic rings. The van der Waals surface area contributed by atoms with Crippen LogP contribution in [0.5, 0.6) is 0 Å². The van der Waals surface area contributed by atoms with Gasteiger partial charge in [-0.15, -0.1) is 0 Å². The SMILES string of the molecule is CC1=CCC2=C1C(C)(C)C1=C(CC=C1C)C2. The van der Waals surface area contributed by atoms with Gasteiger partial charge in [-0.2, -0.15) is 0 Å². The highest BCUT2D eigenvalue weighted by molar-refractivity contribution is 5.60. The summed E-state index contributed by atoms with van der Waals surface area (Å²) in [6.45, 7) is 9.37. The molecule has 0 saturated carbocycles. The summed E-state index contributed by atoms with van der Waals surface area (Å²) in [5.41, 5.74) is 9.94. The van der Waals surface area contributed by atoms with Crippen molar-refractivity contribution in [1.29, 1.82) is 0 Å². The maximum atomic E-state index is 2.41. The van der Waals surface area contributed by atoms with Crippen LogP contribution in [-0.4, -0.2) is 0 Å². The summed E-state index contributed by atoms with van der Waals surface area (Å²) in [5, 5.41) is 0. The summed E-state index contributed by atoms with van der Waals surface area (Å²) in [7, 11) is 0. The topological polar surface area (TPSA) is 0 Å². The van der Waals surface area contributed by atoms with Crippen molar-refractivity contribution in [3.05, 3.63) is 45.6 Å². The molecule has 3 aliphatic carbocycles. The fourth-order valence-electron chi connectivity index (χ4n) is 4.09. The van der Waals surface area contributed by atoms with Crippen LogP contribution >= 0.6 is 0 Å². The molecular weight excluding hydrogens is 192 g/mol. The molecule has 0 heterocycles. The standard InChI is InChI=1S/C16H20/c1-10-5-7-12-9-13-8-6-11(2)15(13)16(3,4)14(10)12/h5-6H,7-9H2,1-4H3. The van der Waals surface area contributed by atoms with Gasteiger partial charge in [0.25, 0.3) is 0 Å². The third-order valence-corrected chi connectivity index (χ3v) is 4.48. The van der Waals surface area contributed by atoms with Crippen molar-refractivity contribution in [3.63, 3.8) is 0 Å². The molecule has 0 nitrogen and oxygen atoms in total. The minimum Gasteiger partial charge on any atom is -0.0772 e. The second-order valence-corrected chi connectivity index (χ2v) is 5.94. The van der Waals surface area contributed by atoms with Crippen molar-refractivity contribution < 1.29 is 0 Å².